The fourth-order valence-electron chi connectivity index (χ4n) is 3.12. The first-order valence-electron chi connectivity index (χ1n) is 9.49. The van der Waals surface area contributed by atoms with E-state index in [-0.39, 0.29) is 50.0 Å². The van der Waals surface area contributed by atoms with E-state index in [2.05, 4.69) is 0 Å². The largest absolute Gasteiger partial charge is 0.456 e. The molecule has 0 atom stereocenters. The number of benzene rings is 2. The highest BCUT2D eigenvalue weighted by atomic mass is 32.2. The van der Waals surface area contributed by atoms with E-state index in [1.807, 2.05) is 30.3 Å². The van der Waals surface area contributed by atoms with E-state index in [1.54, 1.807) is 30.3 Å². The van der Waals surface area contributed by atoms with Gasteiger partial charge in [0, 0.05) is 32.6 Å². The minimum Gasteiger partial charge on any atom is -0.456 e. The summed E-state index contributed by atoms with van der Waals surface area (Å²) < 4.78 is 31.7. The molecule has 0 spiro atoms. The molecule has 29 heavy (non-hydrogen) atoms. The summed E-state index contributed by atoms with van der Waals surface area (Å²) in [5, 5.41) is 0. The minimum atomic E-state index is -3.56. The Bertz CT molecular complexity index is 924. The molecule has 0 N–H and O–H groups in total. The first-order valence-corrected chi connectivity index (χ1v) is 10.9. The smallest absolute Gasteiger partial charge is 0.306 e. The number of aryl methyl sites for hydroxylation is 1. The third-order valence-electron chi connectivity index (χ3n) is 4.79. The molecule has 7 nitrogen and oxygen atoms in total. The summed E-state index contributed by atoms with van der Waals surface area (Å²) >= 11 is 0. The number of rotatable bonds is 7. The van der Waals surface area contributed by atoms with E-state index in [1.165, 1.54) is 9.21 Å². The molecule has 0 bridgehead atoms. The number of hydrogen-bond donors (Lipinski definition) is 0. The molecule has 0 unspecified atom stereocenters. The maximum Gasteiger partial charge on any atom is 0.306 e. The van der Waals surface area contributed by atoms with Crippen LogP contribution in [0.5, 0.6) is 0 Å². The Kier molecular flexibility index (Phi) is 7.00. The maximum absolute atomic E-state index is 12.6. The molecule has 1 amide bonds. The number of ether oxygens (including phenoxy) is 1. The zero-order chi connectivity index (χ0) is 20.7. The number of carbonyl (C=O) groups is 2. The number of esters is 1. The van der Waals surface area contributed by atoms with Crippen LogP contribution >= 0.6 is 0 Å². The van der Waals surface area contributed by atoms with Gasteiger partial charge in [0.25, 0.3) is 5.91 Å². The molecule has 1 saturated heterocycles. The lowest BCUT2D eigenvalue weighted by Gasteiger charge is -2.33. The van der Waals surface area contributed by atoms with Gasteiger partial charge in [-0.15, -0.1) is 0 Å². The van der Waals surface area contributed by atoms with Gasteiger partial charge in [0.1, 0.15) is 0 Å². The number of carbonyl (C=O) groups excluding carboxylic acids is 2. The van der Waals surface area contributed by atoms with Gasteiger partial charge in [0.2, 0.25) is 10.0 Å². The van der Waals surface area contributed by atoms with E-state index in [9.17, 15) is 18.0 Å². The molecule has 0 aliphatic carbocycles. The highest BCUT2D eigenvalue weighted by Gasteiger charge is 2.30. The standard InChI is InChI=1S/C21H24N2O5S/c24-20(17-28-21(25)12-11-18-7-3-1-4-8-18)22-13-15-23(16-14-22)29(26,27)19-9-5-2-6-10-19/h1-10H,11-17H2. The molecule has 8 heteroatoms. The van der Waals surface area contributed by atoms with Gasteiger partial charge in [-0.05, 0) is 24.1 Å². The molecule has 154 valence electrons. The summed E-state index contributed by atoms with van der Waals surface area (Å²) in [7, 11) is -3.56. The predicted molar refractivity (Wildman–Crippen MR) is 108 cm³/mol. The van der Waals surface area contributed by atoms with Crippen molar-refractivity contribution in [3.63, 3.8) is 0 Å². The number of amides is 1. The van der Waals surface area contributed by atoms with Crippen LogP contribution in [0.25, 0.3) is 0 Å². The molecular formula is C21H24N2O5S. The van der Waals surface area contributed by atoms with Gasteiger partial charge in [-0.3, -0.25) is 9.59 Å². The van der Waals surface area contributed by atoms with Crippen molar-refractivity contribution >= 4 is 21.9 Å². The minimum absolute atomic E-state index is 0.209. The van der Waals surface area contributed by atoms with Crippen LogP contribution in [0.1, 0.15) is 12.0 Å². The van der Waals surface area contributed by atoms with Gasteiger partial charge in [-0.1, -0.05) is 48.5 Å². The van der Waals surface area contributed by atoms with E-state index in [4.69, 9.17) is 4.74 Å². The number of sulfonamides is 1. The van der Waals surface area contributed by atoms with Crippen molar-refractivity contribution in [2.75, 3.05) is 32.8 Å². The Morgan fingerprint density at radius 2 is 1.45 bits per heavy atom. The summed E-state index contributed by atoms with van der Waals surface area (Å²) in [4.78, 5) is 25.9. The van der Waals surface area contributed by atoms with Gasteiger partial charge in [0.15, 0.2) is 6.61 Å². The van der Waals surface area contributed by atoms with Crippen LogP contribution in [0.2, 0.25) is 0 Å². The molecule has 0 radical (unpaired) electrons. The molecule has 1 aliphatic rings. The van der Waals surface area contributed by atoms with E-state index in [0.29, 0.717) is 6.42 Å². The van der Waals surface area contributed by atoms with E-state index < -0.39 is 16.0 Å². The van der Waals surface area contributed by atoms with Gasteiger partial charge < -0.3 is 9.64 Å². The summed E-state index contributed by atoms with van der Waals surface area (Å²) in [6.45, 7) is 0.647. The predicted octanol–water partition coefficient (Wildman–Crippen LogP) is 1.70. The van der Waals surface area contributed by atoms with Crippen molar-refractivity contribution in [3.8, 4) is 0 Å². The fraction of sp³-hybridized carbons (Fsp3) is 0.333. The molecule has 1 heterocycles. The lowest BCUT2D eigenvalue weighted by Crippen LogP contribution is -2.51. The first kappa shape index (κ1) is 21.0. The second-order valence-electron chi connectivity index (χ2n) is 6.74. The maximum atomic E-state index is 12.6. The summed E-state index contributed by atoms with van der Waals surface area (Å²) in [6.07, 6.45) is 0.768. The number of hydrogen-bond acceptors (Lipinski definition) is 5. The Labute approximate surface area is 170 Å². The van der Waals surface area contributed by atoms with Crippen LogP contribution in [-0.4, -0.2) is 62.3 Å². The lowest BCUT2D eigenvalue weighted by molar-refractivity contribution is -0.152. The lowest BCUT2D eigenvalue weighted by atomic mass is 10.1. The number of piperazine rings is 1. The molecule has 1 aliphatic heterocycles. The zero-order valence-electron chi connectivity index (χ0n) is 16.1. The van der Waals surface area contributed by atoms with Crippen LogP contribution in [0, 0.1) is 0 Å². The highest BCUT2D eigenvalue weighted by Crippen LogP contribution is 2.17. The average Bonchev–Trinajstić information content (AvgIpc) is 2.77. The second kappa shape index (κ2) is 9.67. The third kappa shape index (κ3) is 5.65. The summed E-state index contributed by atoms with van der Waals surface area (Å²) in [5.41, 5.74) is 1.03. The average molecular weight is 416 g/mol. The van der Waals surface area contributed by atoms with Gasteiger partial charge in [-0.2, -0.15) is 4.31 Å². The third-order valence-corrected chi connectivity index (χ3v) is 6.70. The second-order valence-corrected chi connectivity index (χ2v) is 8.68. The molecule has 2 aromatic carbocycles. The van der Waals surface area contributed by atoms with Crippen molar-refractivity contribution in [1.82, 2.24) is 9.21 Å². The molecule has 0 saturated carbocycles. The van der Waals surface area contributed by atoms with Crippen molar-refractivity contribution in [3.05, 3.63) is 66.2 Å². The van der Waals surface area contributed by atoms with Crippen LogP contribution in [0.4, 0.5) is 0 Å². The first-order chi connectivity index (χ1) is 14.0. The van der Waals surface area contributed by atoms with E-state index in [0.717, 1.165) is 5.56 Å². The molecule has 1 fully saturated rings. The van der Waals surface area contributed by atoms with Crippen LogP contribution in [-0.2, 0) is 30.8 Å². The van der Waals surface area contributed by atoms with Gasteiger partial charge in [0.05, 0.1) is 4.90 Å². The SMILES string of the molecule is O=C(CCc1ccccc1)OCC(=O)N1CCN(S(=O)(=O)c2ccccc2)CC1. The van der Waals surface area contributed by atoms with Crippen molar-refractivity contribution in [2.24, 2.45) is 0 Å². The molecule has 3 rings (SSSR count). The Hall–Kier alpha value is -2.71. The van der Waals surface area contributed by atoms with E-state index >= 15 is 0 Å². The Morgan fingerprint density at radius 3 is 2.07 bits per heavy atom. The Morgan fingerprint density at radius 1 is 0.862 bits per heavy atom. The Balaban J connectivity index is 1.42. The van der Waals surface area contributed by atoms with Crippen LogP contribution < -0.4 is 0 Å². The van der Waals surface area contributed by atoms with Crippen LogP contribution in [0.15, 0.2) is 65.6 Å². The molecular weight excluding hydrogens is 392 g/mol. The van der Waals surface area contributed by atoms with Crippen molar-refractivity contribution in [2.45, 2.75) is 17.7 Å². The van der Waals surface area contributed by atoms with Gasteiger partial charge >= 0.3 is 5.97 Å². The summed E-state index contributed by atoms with van der Waals surface area (Å²) in [6, 6.07) is 17.8. The van der Waals surface area contributed by atoms with Crippen LogP contribution in [0.3, 0.4) is 0 Å². The topological polar surface area (TPSA) is 84.0 Å². The highest BCUT2D eigenvalue weighted by molar-refractivity contribution is 7.89. The van der Waals surface area contributed by atoms with Crippen molar-refractivity contribution < 1.29 is 22.7 Å². The molecule has 2 aromatic rings. The van der Waals surface area contributed by atoms with Gasteiger partial charge in [-0.25, -0.2) is 8.42 Å². The number of nitrogens with zero attached hydrogens (tertiary/aromatic N) is 2. The zero-order valence-corrected chi connectivity index (χ0v) is 16.9. The monoisotopic (exact) mass is 416 g/mol. The quantitative estimate of drug-likeness (QED) is 0.642. The summed E-state index contributed by atoms with van der Waals surface area (Å²) in [5.74, 6) is -0.734. The normalized spacial score (nSPS) is 15.1. The van der Waals surface area contributed by atoms with Crippen molar-refractivity contribution in [1.29, 1.82) is 0 Å². The molecule has 0 aromatic heterocycles. The fourth-order valence-corrected chi connectivity index (χ4v) is 4.56.